The highest BCUT2D eigenvalue weighted by atomic mass is 32.2. The molecule has 1 heterocycles. The summed E-state index contributed by atoms with van der Waals surface area (Å²) < 4.78 is 28.8. The number of benzene rings is 1. The number of nitrogens with two attached hydrogens (primary N) is 1. The molecule has 0 aliphatic carbocycles. The molecular weight excluding hydrogens is 262 g/mol. The molecule has 0 fully saturated rings. The van der Waals surface area contributed by atoms with Gasteiger partial charge in [0.05, 0.1) is 0 Å². The number of nitrogens with zero attached hydrogens (tertiary/aromatic N) is 1. The van der Waals surface area contributed by atoms with E-state index in [1.165, 1.54) is 9.87 Å². The third kappa shape index (κ3) is 3.33. The first kappa shape index (κ1) is 14.5. The lowest BCUT2D eigenvalue weighted by atomic mass is 10.0. The van der Waals surface area contributed by atoms with Gasteiger partial charge in [-0.05, 0) is 31.4 Å². The molecule has 5 nitrogen and oxygen atoms in total. The van der Waals surface area contributed by atoms with Crippen molar-refractivity contribution in [3.8, 4) is 0 Å². The fraction of sp³-hybridized carbons (Fsp3) is 0.538. The van der Waals surface area contributed by atoms with Gasteiger partial charge in [0.1, 0.15) is 0 Å². The second-order valence-electron chi connectivity index (χ2n) is 5.55. The Labute approximate surface area is 115 Å². The van der Waals surface area contributed by atoms with Gasteiger partial charge in [-0.2, -0.15) is 17.4 Å². The number of nitrogens with one attached hydrogen (secondary N) is 1. The largest absolute Gasteiger partial charge is 0.329 e. The minimum Gasteiger partial charge on any atom is -0.329 e. The highest BCUT2D eigenvalue weighted by Crippen LogP contribution is 2.21. The maximum absolute atomic E-state index is 12.3. The molecule has 0 saturated heterocycles. The van der Waals surface area contributed by atoms with Crippen molar-refractivity contribution in [2.45, 2.75) is 32.4 Å². The van der Waals surface area contributed by atoms with Crippen LogP contribution < -0.4 is 10.5 Å². The Kier molecular flexibility index (Phi) is 3.96. The molecule has 6 heteroatoms. The van der Waals surface area contributed by atoms with Crippen molar-refractivity contribution in [2.75, 3.05) is 13.1 Å². The average Bonchev–Trinajstić information content (AvgIpc) is 2.37. The van der Waals surface area contributed by atoms with Gasteiger partial charge in [-0.25, -0.2) is 0 Å². The lowest BCUT2D eigenvalue weighted by Crippen LogP contribution is -2.54. The zero-order valence-corrected chi connectivity index (χ0v) is 12.2. The van der Waals surface area contributed by atoms with Crippen LogP contribution in [0.3, 0.4) is 0 Å². The zero-order chi connectivity index (χ0) is 14.1. The van der Waals surface area contributed by atoms with E-state index >= 15 is 0 Å². The van der Waals surface area contributed by atoms with Crippen LogP contribution in [0, 0.1) is 0 Å². The number of hydrogen-bond acceptors (Lipinski definition) is 3. The van der Waals surface area contributed by atoms with Crippen LogP contribution in [0.1, 0.15) is 25.0 Å². The van der Waals surface area contributed by atoms with Crippen LogP contribution >= 0.6 is 0 Å². The summed E-state index contributed by atoms with van der Waals surface area (Å²) in [4.78, 5) is 0. The SMILES string of the molecule is CC(C)(CN)NS(=O)(=O)N1CCc2ccccc2C1. The van der Waals surface area contributed by atoms with Crippen molar-refractivity contribution in [1.82, 2.24) is 9.03 Å². The zero-order valence-electron chi connectivity index (χ0n) is 11.4. The van der Waals surface area contributed by atoms with E-state index in [0.29, 0.717) is 13.1 Å². The van der Waals surface area contributed by atoms with E-state index in [2.05, 4.69) is 10.8 Å². The molecule has 19 heavy (non-hydrogen) atoms. The minimum absolute atomic E-state index is 0.261. The molecule has 0 unspecified atom stereocenters. The fourth-order valence-electron chi connectivity index (χ4n) is 2.13. The van der Waals surface area contributed by atoms with Crippen LogP contribution in [-0.4, -0.2) is 31.4 Å². The van der Waals surface area contributed by atoms with E-state index in [1.807, 2.05) is 18.2 Å². The summed E-state index contributed by atoms with van der Waals surface area (Å²) >= 11 is 0. The molecule has 1 aromatic rings. The summed E-state index contributed by atoms with van der Waals surface area (Å²) in [7, 11) is -3.49. The standard InChI is InChI=1S/C13H21N3O2S/c1-13(2,10-14)15-19(17,18)16-8-7-11-5-3-4-6-12(11)9-16/h3-6,15H,7-10,14H2,1-2H3. The van der Waals surface area contributed by atoms with E-state index in [0.717, 1.165) is 12.0 Å². The molecular formula is C13H21N3O2S. The normalized spacial score (nSPS) is 17.2. The molecule has 3 N–H and O–H groups in total. The number of rotatable bonds is 4. The first-order chi connectivity index (χ1) is 8.84. The van der Waals surface area contributed by atoms with E-state index in [9.17, 15) is 8.42 Å². The lowest BCUT2D eigenvalue weighted by molar-refractivity contribution is 0.363. The molecule has 0 radical (unpaired) electrons. The quantitative estimate of drug-likeness (QED) is 0.850. The molecule has 106 valence electrons. The second kappa shape index (κ2) is 5.20. The summed E-state index contributed by atoms with van der Waals surface area (Å²) in [5.74, 6) is 0. The van der Waals surface area contributed by atoms with Gasteiger partial charge < -0.3 is 5.73 Å². The Morgan fingerprint density at radius 1 is 1.32 bits per heavy atom. The molecule has 1 aromatic carbocycles. The fourth-order valence-corrected chi connectivity index (χ4v) is 3.68. The lowest BCUT2D eigenvalue weighted by Gasteiger charge is -2.32. The van der Waals surface area contributed by atoms with Crippen molar-refractivity contribution in [2.24, 2.45) is 5.73 Å². The smallest absolute Gasteiger partial charge is 0.280 e. The Morgan fingerprint density at radius 3 is 2.58 bits per heavy atom. The van der Waals surface area contributed by atoms with Crippen LogP contribution in [0.4, 0.5) is 0 Å². The number of hydrogen-bond donors (Lipinski definition) is 2. The van der Waals surface area contributed by atoms with Crippen molar-refractivity contribution in [3.05, 3.63) is 35.4 Å². The Bertz CT molecular complexity index is 555. The first-order valence-electron chi connectivity index (χ1n) is 6.40. The van der Waals surface area contributed by atoms with E-state index in [1.54, 1.807) is 13.8 Å². The van der Waals surface area contributed by atoms with Gasteiger partial charge in [0.15, 0.2) is 0 Å². The molecule has 1 aliphatic heterocycles. The predicted molar refractivity (Wildman–Crippen MR) is 75.7 cm³/mol. The predicted octanol–water partition coefficient (Wildman–Crippen LogP) is 0.616. The maximum Gasteiger partial charge on any atom is 0.280 e. The average molecular weight is 283 g/mol. The summed E-state index contributed by atoms with van der Waals surface area (Å²) in [5.41, 5.74) is 7.25. The van der Waals surface area contributed by atoms with Crippen molar-refractivity contribution in [3.63, 3.8) is 0 Å². The Hall–Kier alpha value is -0.950. The van der Waals surface area contributed by atoms with E-state index < -0.39 is 15.7 Å². The van der Waals surface area contributed by atoms with Gasteiger partial charge >= 0.3 is 0 Å². The first-order valence-corrected chi connectivity index (χ1v) is 7.84. The van der Waals surface area contributed by atoms with Gasteiger partial charge in [-0.3, -0.25) is 0 Å². The molecule has 0 aromatic heterocycles. The van der Waals surface area contributed by atoms with Crippen molar-refractivity contribution < 1.29 is 8.42 Å². The highest BCUT2D eigenvalue weighted by Gasteiger charge is 2.31. The van der Waals surface area contributed by atoms with Crippen LogP contribution in [0.2, 0.25) is 0 Å². The molecule has 2 rings (SSSR count). The topological polar surface area (TPSA) is 75.4 Å². The molecule has 0 bridgehead atoms. The number of fused-ring (bicyclic) bond motifs is 1. The summed E-state index contributed by atoms with van der Waals surface area (Å²) in [6, 6.07) is 7.95. The van der Waals surface area contributed by atoms with Gasteiger partial charge in [0, 0.05) is 25.2 Å². The van der Waals surface area contributed by atoms with Crippen LogP contribution in [0.25, 0.3) is 0 Å². The van der Waals surface area contributed by atoms with Gasteiger partial charge in [0.25, 0.3) is 10.2 Å². The third-order valence-corrected chi connectivity index (χ3v) is 5.15. The molecule has 0 spiro atoms. The summed E-state index contributed by atoms with van der Waals surface area (Å²) in [6.07, 6.45) is 0.750. The maximum atomic E-state index is 12.3. The van der Waals surface area contributed by atoms with Gasteiger partial charge in [-0.15, -0.1) is 0 Å². The van der Waals surface area contributed by atoms with E-state index in [4.69, 9.17) is 5.73 Å². The minimum atomic E-state index is -3.49. The Balaban J connectivity index is 2.16. The Morgan fingerprint density at radius 2 is 1.95 bits per heavy atom. The van der Waals surface area contributed by atoms with Crippen LogP contribution in [0.15, 0.2) is 24.3 Å². The third-order valence-electron chi connectivity index (χ3n) is 3.35. The summed E-state index contributed by atoms with van der Waals surface area (Å²) in [5, 5.41) is 0. The van der Waals surface area contributed by atoms with Gasteiger partial charge in [-0.1, -0.05) is 24.3 Å². The molecule has 0 saturated carbocycles. The summed E-state index contributed by atoms with van der Waals surface area (Å²) in [6.45, 7) is 4.75. The van der Waals surface area contributed by atoms with Crippen LogP contribution in [0.5, 0.6) is 0 Å². The van der Waals surface area contributed by atoms with Crippen LogP contribution in [-0.2, 0) is 23.2 Å². The van der Waals surface area contributed by atoms with E-state index in [-0.39, 0.29) is 6.54 Å². The highest BCUT2D eigenvalue weighted by molar-refractivity contribution is 7.87. The van der Waals surface area contributed by atoms with Gasteiger partial charge in [0.2, 0.25) is 0 Å². The monoisotopic (exact) mass is 283 g/mol. The van der Waals surface area contributed by atoms with Crippen molar-refractivity contribution in [1.29, 1.82) is 0 Å². The molecule has 0 atom stereocenters. The molecule has 0 amide bonds. The second-order valence-corrected chi connectivity index (χ2v) is 7.22. The molecule has 1 aliphatic rings. The van der Waals surface area contributed by atoms with Crippen molar-refractivity contribution >= 4 is 10.2 Å².